The number of nitrogens with zero attached hydrogens (tertiary/aromatic N) is 2. The van der Waals surface area contributed by atoms with Crippen LogP contribution in [0, 0.1) is 17.3 Å². The molecule has 0 saturated carbocycles. The number of para-hydroxylation sites is 1. The number of carbonyl (C=O) groups excluding carboxylic acids is 3. The lowest BCUT2D eigenvalue weighted by atomic mass is 9.86. The van der Waals surface area contributed by atoms with Gasteiger partial charge in [0.2, 0.25) is 17.7 Å². The van der Waals surface area contributed by atoms with Crippen LogP contribution in [-0.2, 0) is 24.0 Å². The Balaban J connectivity index is 0.00000101. The maximum absolute atomic E-state index is 12.9. The quantitative estimate of drug-likeness (QED) is 0.174. The second-order valence-corrected chi connectivity index (χ2v) is 12.3. The number of aliphatic hydroxyl groups excluding tert-OH is 1. The summed E-state index contributed by atoms with van der Waals surface area (Å²) in [5, 5.41) is 29.3. The van der Waals surface area contributed by atoms with Crippen molar-refractivity contribution in [3.63, 3.8) is 0 Å². The normalized spacial score (nSPS) is 17.5. The summed E-state index contributed by atoms with van der Waals surface area (Å²) in [6.07, 6.45) is 0.361. The lowest BCUT2D eigenvalue weighted by Crippen LogP contribution is -2.64. The number of primary amides is 1. The van der Waals surface area contributed by atoms with Gasteiger partial charge in [-0.15, -0.1) is 0 Å². The number of nitrogens with two attached hydrogens (primary N) is 2. The summed E-state index contributed by atoms with van der Waals surface area (Å²) >= 11 is 0. The zero-order valence-electron chi connectivity index (χ0n) is 25.8. The third-order valence-electron chi connectivity index (χ3n) is 7.40. The number of aliphatic hydroxyl groups is 1. The van der Waals surface area contributed by atoms with Crippen molar-refractivity contribution >= 4 is 35.3 Å². The van der Waals surface area contributed by atoms with Crippen molar-refractivity contribution in [2.24, 2.45) is 28.7 Å². The first kappa shape index (κ1) is 37.2. The molecule has 0 unspecified atom stereocenters. The number of hydrogen-bond donors (Lipinski definition) is 6. The van der Waals surface area contributed by atoms with Gasteiger partial charge in [0, 0.05) is 55.0 Å². The SMILES string of the molecule is CC(C)[C@H](C[C@H](O)[C@@H](N)CN1CC(=O)N(c2ccccc2)CC1(C)C)C(=O)NCC(C)(C)C(N)=O.O=C(O)/C=C/C(=O)O. The molecule has 1 aromatic carbocycles. The molecule has 1 heterocycles. The lowest BCUT2D eigenvalue weighted by molar-refractivity contribution is -0.134. The molecule has 2 rings (SSSR count). The van der Waals surface area contributed by atoms with Gasteiger partial charge >= 0.3 is 11.9 Å². The van der Waals surface area contributed by atoms with Crippen LogP contribution in [0.15, 0.2) is 42.5 Å². The number of nitrogens with one attached hydrogen (secondary N) is 1. The molecule has 1 aliphatic rings. The third-order valence-corrected chi connectivity index (χ3v) is 7.40. The van der Waals surface area contributed by atoms with Gasteiger partial charge in [0.05, 0.1) is 18.1 Å². The second kappa shape index (κ2) is 16.1. The molecule has 0 aliphatic carbocycles. The van der Waals surface area contributed by atoms with Crippen molar-refractivity contribution in [2.45, 2.75) is 65.6 Å². The van der Waals surface area contributed by atoms with Crippen LogP contribution >= 0.6 is 0 Å². The van der Waals surface area contributed by atoms with Gasteiger partial charge in [-0.1, -0.05) is 32.0 Å². The second-order valence-electron chi connectivity index (χ2n) is 12.3. The third kappa shape index (κ3) is 12.1. The van der Waals surface area contributed by atoms with Gasteiger partial charge in [-0.3, -0.25) is 19.3 Å². The summed E-state index contributed by atoms with van der Waals surface area (Å²) in [4.78, 5) is 60.2. The van der Waals surface area contributed by atoms with E-state index in [2.05, 4.69) is 19.2 Å². The van der Waals surface area contributed by atoms with Crippen molar-refractivity contribution in [3.8, 4) is 0 Å². The molecule has 1 aliphatic heterocycles. The number of carbonyl (C=O) groups is 5. The van der Waals surface area contributed by atoms with Crippen molar-refractivity contribution in [1.29, 1.82) is 0 Å². The van der Waals surface area contributed by atoms with E-state index in [1.54, 1.807) is 18.7 Å². The Labute approximate surface area is 252 Å². The molecule has 8 N–H and O–H groups in total. The predicted octanol–water partition coefficient (Wildman–Crippen LogP) is 0.804. The van der Waals surface area contributed by atoms with Crippen LogP contribution in [0.25, 0.3) is 0 Å². The first-order valence-corrected chi connectivity index (χ1v) is 14.0. The largest absolute Gasteiger partial charge is 0.478 e. The number of aliphatic carboxylic acids is 2. The summed E-state index contributed by atoms with van der Waals surface area (Å²) in [6.45, 7) is 12.4. The fourth-order valence-electron chi connectivity index (χ4n) is 4.35. The molecule has 0 aromatic heterocycles. The van der Waals surface area contributed by atoms with Crippen molar-refractivity contribution < 1.29 is 39.3 Å². The minimum atomic E-state index is -1.26. The molecular formula is C30H47N5O8. The first-order chi connectivity index (χ1) is 19.8. The summed E-state index contributed by atoms with van der Waals surface area (Å²) in [7, 11) is 0. The molecule has 240 valence electrons. The van der Waals surface area contributed by atoms with Crippen molar-refractivity contribution in [2.75, 3.05) is 31.1 Å². The molecule has 3 atom stereocenters. The van der Waals surface area contributed by atoms with Crippen molar-refractivity contribution in [1.82, 2.24) is 10.2 Å². The fourth-order valence-corrected chi connectivity index (χ4v) is 4.35. The Bertz CT molecular complexity index is 1140. The predicted molar refractivity (Wildman–Crippen MR) is 162 cm³/mol. The zero-order valence-corrected chi connectivity index (χ0v) is 25.8. The van der Waals surface area contributed by atoms with Crippen LogP contribution in [0.2, 0.25) is 0 Å². The van der Waals surface area contributed by atoms with E-state index >= 15 is 0 Å². The molecule has 0 bridgehead atoms. The van der Waals surface area contributed by atoms with Crippen LogP contribution in [0.3, 0.4) is 0 Å². The Morgan fingerprint density at radius 3 is 2.07 bits per heavy atom. The molecule has 1 aromatic rings. The summed E-state index contributed by atoms with van der Waals surface area (Å²) < 4.78 is 0. The minimum Gasteiger partial charge on any atom is -0.478 e. The molecule has 0 spiro atoms. The molecule has 3 amide bonds. The lowest BCUT2D eigenvalue weighted by Gasteiger charge is -2.47. The molecule has 13 nitrogen and oxygen atoms in total. The number of carboxylic acid groups (broad SMARTS) is 2. The van der Waals surface area contributed by atoms with Crippen LogP contribution in [0.1, 0.15) is 48.0 Å². The monoisotopic (exact) mass is 605 g/mol. The van der Waals surface area contributed by atoms with Gasteiger partial charge in [-0.25, -0.2) is 9.59 Å². The van der Waals surface area contributed by atoms with Gasteiger partial charge in [0.1, 0.15) is 0 Å². The van der Waals surface area contributed by atoms with E-state index in [0.717, 1.165) is 5.69 Å². The van der Waals surface area contributed by atoms with E-state index in [1.807, 2.05) is 49.1 Å². The van der Waals surface area contributed by atoms with Crippen LogP contribution < -0.4 is 21.7 Å². The van der Waals surface area contributed by atoms with Crippen LogP contribution in [0.4, 0.5) is 5.69 Å². The summed E-state index contributed by atoms with van der Waals surface area (Å²) in [6, 6.07) is 8.93. The number of benzene rings is 1. The molecule has 0 radical (unpaired) electrons. The first-order valence-electron chi connectivity index (χ1n) is 14.0. The number of anilines is 1. The van der Waals surface area contributed by atoms with E-state index < -0.39 is 41.3 Å². The number of carboxylic acids is 2. The standard InChI is InChI=1S/C26H43N5O4.C4H4O4/c1-17(2)19(23(34)29-15-25(3,4)24(28)35)12-21(32)20(27)13-30-14-22(33)31(16-26(30,5)6)18-10-8-7-9-11-18;5-3(6)1-2-4(7)8/h7-11,17,19-21,32H,12-16,27H2,1-6H3,(H2,28,35)(H,29,34);1-2H,(H,5,6)(H,7,8)/b;2-1+/t19-,20-,21-;/m0./s1. The molecule has 1 fully saturated rings. The zero-order chi connectivity index (χ0) is 33.1. The number of amides is 3. The van der Waals surface area contributed by atoms with Crippen LogP contribution in [-0.4, -0.2) is 93.7 Å². The average Bonchev–Trinajstić information content (AvgIpc) is 2.91. The van der Waals surface area contributed by atoms with E-state index in [9.17, 15) is 29.1 Å². The maximum Gasteiger partial charge on any atom is 0.328 e. The highest BCUT2D eigenvalue weighted by molar-refractivity contribution is 5.96. The minimum absolute atomic E-state index is 0.0197. The van der Waals surface area contributed by atoms with E-state index in [0.29, 0.717) is 25.2 Å². The van der Waals surface area contributed by atoms with Gasteiger partial charge < -0.3 is 37.0 Å². The summed E-state index contributed by atoms with van der Waals surface area (Å²) in [5.41, 5.74) is 11.4. The number of rotatable bonds is 13. The van der Waals surface area contributed by atoms with Crippen LogP contribution in [0.5, 0.6) is 0 Å². The highest BCUT2D eigenvalue weighted by atomic mass is 16.4. The van der Waals surface area contributed by atoms with Crippen molar-refractivity contribution in [3.05, 3.63) is 42.5 Å². The van der Waals surface area contributed by atoms with E-state index in [4.69, 9.17) is 21.7 Å². The highest BCUT2D eigenvalue weighted by Crippen LogP contribution is 2.27. The Morgan fingerprint density at radius 1 is 1.07 bits per heavy atom. The van der Waals surface area contributed by atoms with Gasteiger partial charge in [-0.05, 0) is 52.2 Å². The molecular weight excluding hydrogens is 558 g/mol. The number of piperazine rings is 1. The topological polar surface area (TPSA) is 217 Å². The highest BCUT2D eigenvalue weighted by Gasteiger charge is 2.40. The molecule has 1 saturated heterocycles. The Kier molecular flexibility index (Phi) is 14.0. The number of hydrogen-bond acceptors (Lipinski definition) is 8. The van der Waals surface area contributed by atoms with E-state index in [1.165, 1.54) is 0 Å². The van der Waals surface area contributed by atoms with Gasteiger partial charge in [-0.2, -0.15) is 0 Å². The Morgan fingerprint density at radius 2 is 1.60 bits per heavy atom. The summed E-state index contributed by atoms with van der Waals surface area (Å²) in [5.74, 6) is -3.79. The van der Waals surface area contributed by atoms with E-state index in [-0.39, 0.29) is 42.8 Å². The fraction of sp³-hybridized carbons (Fsp3) is 0.567. The average molecular weight is 606 g/mol. The van der Waals surface area contributed by atoms with Gasteiger partial charge in [0.25, 0.3) is 0 Å². The maximum atomic E-state index is 12.9. The molecule has 43 heavy (non-hydrogen) atoms. The Hall–Kier alpha value is -3.81. The smallest absolute Gasteiger partial charge is 0.328 e. The molecule has 13 heteroatoms. The van der Waals surface area contributed by atoms with Gasteiger partial charge in [0.15, 0.2) is 0 Å².